The molecule has 0 unspecified atom stereocenters. The second kappa shape index (κ2) is 6.99. The molecule has 4 rings (SSSR count). The molecule has 0 radical (unpaired) electrons. The van der Waals surface area contributed by atoms with Crippen molar-refractivity contribution in [2.24, 2.45) is 0 Å². The minimum Gasteiger partial charge on any atom is -0.340 e. The molecular weight excluding hydrogens is 338 g/mol. The number of nitrogens with zero attached hydrogens (tertiary/aromatic N) is 4. The number of carbonyl (C=O) groups excluding carboxylic acids is 1. The minimum atomic E-state index is 0.0461. The lowest BCUT2D eigenvalue weighted by atomic mass is 10.0. The molecule has 134 valence electrons. The van der Waals surface area contributed by atoms with Crippen LogP contribution in [0.1, 0.15) is 34.1 Å². The first kappa shape index (κ1) is 16.9. The standard InChI is InChI=1S/C21H19N5O/c1-14-19(12-16-6-4-3-5-7-16)20(26-21(24-14)22-13-23-26)25-18-10-8-17(9-11-18)15(2)27/h3-11,13,25H,12H2,1-2H3. The van der Waals surface area contributed by atoms with Crippen molar-refractivity contribution < 1.29 is 4.79 Å². The second-order valence-electron chi connectivity index (χ2n) is 6.42. The number of Topliss-reactive ketones (excluding diaryl/α,β-unsaturated/α-hetero) is 1. The van der Waals surface area contributed by atoms with E-state index in [1.54, 1.807) is 11.4 Å². The molecule has 27 heavy (non-hydrogen) atoms. The van der Waals surface area contributed by atoms with Crippen LogP contribution in [0.2, 0.25) is 0 Å². The molecule has 0 saturated carbocycles. The maximum Gasteiger partial charge on any atom is 0.254 e. The Labute approximate surface area is 156 Å². The lowest BCUT2D eigenvalue weighted by Crippen LogP contribution is -2.09. The molecular formula is C21H19N5O. The van der Waals surface area contributed by atoms with Crippen LogP contribution in [-0.4, -0.2) is 25.4 Å². The zero-order chi connectivity index (χ0) is 18.8. The van der Waals surface area contributed by atoms with Gasteiger partial charge < -0.3 is 5.32 Å². The van der Waals surface area contributed by atoms with Gasteiger partial charge in [0, 0.05) is 28.9 Å². The molecule has 0 bridgehead atoms. The molecule has 2 aromatic carbocycles. The van der Waals surface area contributed by atoms with Crippen molar-refractivity contribution >= 4 is 23.1 Å². The predicted octanol–water partition coefficient (Wildman–Crippen LogP) is 3.97. The molecule has 6 nitrogen and oxygen atoms in total. The summed E-state index contributed by atoms with van der Waals surface area (Å²) in [4.78, 5) is 20.3. The third-order valence-electron chi connectivity index (χ3n) is 4.51. The molecule has 2 heterocycles. The van der Waals surface area contributed by atoms with Crippen LogP contribution in [0, 0.1) is 6.92 Å². The molecule has 4 aromatic rings. The molecule has 1 N–H and O–H groups in total. The maximum atomic E-state index is 11.5. The van der Waals surface area contributed by atoms with E-state index in [-0.39, 0.29) is 5.78 Å². The van der Waals surface area contributed by atoms with E-state index in [9.17, 15) is 4.79 Å². The molecule has 0 aliphatic heterocycles. The predicted molar refractivity (Wildman–Crippen MR) is 104 cm³/mol. The Morgan fingerprint density at radius 1 is 1.07 bits per heavy atom. The van der Waals surface area contributed by atoms with E-state index in [2.05, 4.69) is 32.5 Å². The summed E-state index contributed by atoms with van der Waals surface area (Å²) in [6.07, 6.45) is 2.22. The van der Waals surface area contributed by atoms with Gasteiger partial charge in [0.25, 0.3) is 5.78 Å². The van der Waals surface area contributed by atoms with E-state index in [0.29, 0.717) is 11.3 Å². The van der Waals surface area contributed by atoms with Crippen molar-refractivity contribution in [1.29, 1.82) is 0 Å². The Kier molecular flexibility index (Phi) is 4.38. The summed E-state index contributed by atoms with van der Waals surface area (Å²) in [7, 11) is 0. The zero-order valence-electron chi connectivity index (χ0n) is 15.2. The molecule has 2 aromatic heterocycles. The number of fused-ring (bicyclic) bond motifs is 1. The molecule has 0 aliphatic rings. The Morgan fingerprint density at radius 2 is 1.81 bits per heavy atom. The van der Waals surface area contributed by atoms with Gasteiger partial charge in [-0.05, 0) is 43.7 Å². The first-order valence-corrected chi connectivity index (χ1v) is 8.73. The van der Waals surface area contributed by atoms with E-state index < -0.39 is 0 Å². The van der Waals surface area contributed by atoms with Crippen molar-refractivity contribution in [3.8, 4) is 0 Å². The Bertz CT molecular complexity index is 1100. The lowest BCUT2D eigenvalue weighted by Gasteiger charge is -2.15. The van der Waals surface area contributed by atoms with Gasteiger partial charge in [0.15, 0.2) is 5.78 Å². The number of rotatable bonds is 5. The maximum absolute atomic E-state index is 11.5. The molecule has 0 atom stereocenters. The first-order valence-electron chi connectivity index (χ1n) is 8.73. The van der Waals surface area contributed by atoms with Crippen LogP contribution >= 0.6 is 0 Å². The van der Waals surface area contributed by atoms with Gasteiger partial charge in [-0.3, -0.25) is 4.79 Å². The highest BCUT2D eigenvalue weighted by atomic mass is 16.1. The smallest absolute Gasteiger partial charge is 0.254 e. The van der Waals surface area contributed by atoms with Crippen LogP contribution in [-0.2, 0) is 6.42 Å². The van der Waals surface area contributed by atoms with E-state index in [1.807, 2.05) is 49.4 Å². The molecule has 0 fully saturated rings. The van der Waals surface area contributed by atoms with Gasteiger partial charge in [-0.15, -0.1) is 0 Å². The van der Waals surface area contributed by atoms with Crippen LogP contribution in [0.4, 0.5) is 11.5 Å². The van der Waals surface area contributed by atoms with Gasteiger partial charge in [0.1, 0.15) is 12.1 Å². The number of hydrogen-bond donors (Lipinski definition) is 1. The van der Waals surface area contributed by atoms with Gasteiger partial charge in [-0.25, -0.2) is 4.98 Å². The van der Waals surface area contributed by atoms with Crippen molar-refractivity contribution in [2.45, 2.75) is 20.3 Å². The van der Waals surface area contributed by atoms with E-state index in [4.69, 9.17) is 0 Å². The largest absolute Gasteiger partial charge is 0.340 e. The third kappa shape index (κ3) is 3.42. The molecule has 0 aliphatic carbocycles. The number of ketones is 1. The summed E-state index contributed by atoms with van der Waals surface area (Å²) in [5, 5.41) is 7.77. The quantitative estimate of drug-likeness (QED) is 0.547. The summed E-state index contributed by atoms with van der Waals surface area (Å²) in [6.45, 7) is 3.54. The van der Waals surface area contributed by atoms with E-state index >= 15 is 0 Å². The van der Waals surface area contributed by atoms with Gasteiger partial charge in [-0.2, -0.15) is 14.6 Å². The summed E-state index contributed by atoms with van der Waals surface area (Å²) >= 11 is 0. The van der Waals surface area contributed by atoms with Crippen molar-refractivity contribution in [3.05, 3.63) is 83.3 Å². The highest BCUT2D eigenvalue weighted by Gasteiger charge is 2.15. The lowest BCUT2D eigenvalue weighted by molar-refractivity contribution is 0.101. The molecule has 0 amide bonds. The summed E-state index contributed by atoms with van der Waals surface area (Å²) in [6, 6.07) is 17.7. The molecule has 0 spiro atoms. The normalized spacial score (nSPS) is 10.9. The molecule has 6 heteroatoms. The van der Waals surface area contributed by atoms with Crippen LogP contribution in [0.25, 0.3) is 5.78 Å². The van der Waals surface area contributed by atoms with Gasteiger partial charge in [0.05, 0.1) is 0 Å². The average molecular weight is 357 g/mol. The fourth-order valence-corrected chi connectivity index (χ4v) is 3.05. The zero-order valence-corrected chi connectivity index (χ0v) is 15.2. The number of hydrogen-bond acceptors (Lipinski definition) is 5. The van der Waals surface area contributed by atoms with Crippen molar-refractivity contribution in [1.82, 2.24) is 19.6 Å². The van der Waals surface area contributed by atoms with Crippen LogP contribution in [0.3, 0.4) is 0 Å². The average Bonchev–Trinajstić information content (AvgIpc) is 3.14. The fraction of sp³-hybridized carbons (Fsp3) is 0.143. The number of aromatic nitrogens is 4. The Hall–Kier alpha value is -3.54. The number of carbonyl (C=O) groups is 1. The Morgan fingerprint density at radius 3 is 2.52 bits per heavy atom. The monoisotopic (exact) mass is 357 g/mol. The van der Waals surface area contributed by atoms with Crippen molar-refractivity contribution in [3.63, 3.8) is 0 Å². The number of benzene rings is 2. The van der Waals surface area contributed by atoms with Crippen LogP contribution in [0.5, 0.6) is 0 Å². The van der Waals surface area contributed by atoms with E-state index in [0.717, 1.165) is 29.2 Å². The van der Waals surface area contributed by atoms with Gasteiger partial charge >= 0.3 is 0 Å². The van der Waals surface area contributed by atoms with Crippen LogP contribution < -0.4 is 5.32 Å². The molecule has 0 saturated heterocycles. The third-order valence-corrected chi connectivity index (χ3v) is 4.51. The number of nitrogens with one attached hydrogen (secondary N) is 1. The highest BCUT2D eigenvalue weighted by Crippen LogP contribution is 2.26. The second-order valence-corrected chi connectivity index (χ2v) is 6.42. The van der Waals surface area contributed by atoms with Crippen molar-refractivity contribution in [2.75, 3.05) is 5.32 Å². The summed E-state index contributed by atoms with van der Waals surface area (Å²) < 4.78 is 1.71. The number of aryl methyl sites for hydroxylation is 1. The Balaban J connectivity index is 1.78. The van der Waals surface area contributed by atoms with Gasteiger partial charge in [-0.1, -0.05) is 30.3 Å². The highest BCUT2D eigenvalue weighted by molar-refractivity contribution is 5.94. The van der Waals surface area contributed by atoms with E-state index in [1.165, 1.54) is 11.9 Å². The fourth-order valence-electron chi connectivity index (χ4n) is 3.05. The topological polar surface area (TPSA) is 72.2 Å². The minimum absolute atomic E-state index is 0.0461. The van der Waals surface area contributed by atoms with Gasteiger partial charge in [0.2, 0.25) is 0 Å². The summed E-state index contributed by atoms with van der Waals surface area (Å²) in [5.41, 5.74) is 4.70. The van der Waals surface area contributed by atoms with Crippen LogP contribution in [0.15, 0.2) is 60.9 Å². The first-order chi connectivity index (χ1) is 13.1. The summed E-state index contributed by atoms with van der Waals surface area (Å²) in [5.74, 6) is 1.42. The SMILES string of the molecule is CC(=O)c1ccc(Nc2c(Cc3ccccc3)c(C)nc3ncnn23)cc1. The number of anilines is 2.